The van der Waals surface area contributed by atoms with Crippen LogP contribution in [0.15, 0.2) is 69.9 Å². The summed E-state index contributed by atoms with van der Waals surface area (Å²) in [4.78, 5) is 41.6. The molecule has 8 nitrogen and oxygen atoms in total. The van der Waals surface area contributed by atoms with Gasteiger partial charge >= 0.3 is 5.97 Å². The minimum atomic E-state index is -0.795. The zero-order valence-corrected chi connectivity index (χ0v) is 23.0. The second-order valence-electron chi connectivity index (χ2n) is 9.51. The van der Waals surface area contributed by atoms with Gasteiger partial charge in [0.2, 0.25) is 5.76 Å². The Morgan fingerprint density at radius 2 is 1.68 bits per heavy atom. The summed E-state index contributed by atoms with van der Waals surface area (Å²) in [6.07, 6.45) is 0.834. The zero-order valence-electron chi connectivity index (χ0n) is 23.0. The highest BCUT2D eigenvalue weighted by molar-refractivity contribution is 6.11. The monoisotopic (exact) mass is 541 g/mol. The molecule has 1 aliphatic heterocycles. The van der Waals surface area contributed by atoms with Crippen LogP contribution in [0.4, 0.5) is 5.69 Å². The minimum Gasteiger partial charge on any atom is -0.490 e. The quantitative estimate of drug-likeness (QED) is 0.232. The average molecular weight is 542 g/mol. The average Bonchev–Trinajstić information content (AvgIpc) is 3.25. The Morgan fingerprint density at radius 1 is 0.900 bits per heavy atom. The number of ether oxygens (including phenoxy) is 3. The Labute approximate surface area is 232 Å². The molecule has 0 fully saturated rings. The predicted molar refractivity (Wildman–Crippen MR) is 152 cm³/mol. The molecule has 0 radical (unpaired) electrons. The first-order valence-corrected chi connectivity index (χ1v) is 13.5. The number of amides is 1. The number of hydrogen-bond donors (Lipinski definition) is 0. The summed E-state index contributed by atoms with van der Waals surface area (Å²) in [5.41, 5.74) is 2.75. The topological polar surface area (TPSA) is 95.3 Å². The van der Waals surface area contributed by atoms with Gasteiger partial charge in [-0.05, 0) is 81.3 Å². The molecule has 0 aliphatic carbocycles. The molecule has 5 rings (SSSR count). The molecular formula is C32H31NO7. The Morgan fingerprint density at radius 3 is 2.38 bits per heavy atom. The van der Waals surface area contributed by atoms with E-state index >= 15 is 0 Å². The summed E-state index contributed by atoms with van der Waals surface area (Å²) in [5, 5.41) is 0.406. The number of fused-ring (bicyclic) bond motifs is 2. The lowest BCUT2D eigenvalue weighted by atomic mass is 9.97. The summed E-state index contributed by atoms with van der Waals surface area (Å²) >= 11 is 0. The van der Waals surface area contributed by atoms with Crippen LogP contribution in [0.5, 0.6) is 11.5 Å². The second-order valence-corrected chi connectivity index (χ2v) is 9.51. The van der Waals surface area contributed by atoms with Gasteiger partial charge in [-0.15, -0.1) is 0 Å². The molecule has 1 amide bonds. The van der Waals surface area contributed by atoms with E-state index < -0.39 is 17.9 Å². The minimum absolute atomic E-state index is 0.00917. The molecular weight excluding hydrogens is 510 g/mol. The molecule has 0 spiro atoms. The zero-order chi connectivity index (χ0) is 28.4. The summed E-state index contributed by atoms with van der Waals surface area (Å²) in [5.74, 6) is 0.193. The first-order chi connectivity index (χ1) is 19.4. The predicted octanol–water partition coefficient (Wildman–Crippen LogP) is 6.22. The fourth-order valence-corrected chi connectivity index (χ4v) is 4.94. The first kappa shape index (κ1) is 27.0. The van der Waals surface area contributed by atoms with Gasteiger partial charge in [-0.3, -0.25) is 14.5 Å². The van der Waals surface area contributed by atoms with Crippen LogP contribution in [0.1, 0.15) is 70.8 Å². The molecule has 3 aromatic carbocycles. The Bertz CT molecular complexity index is 1640. The van der Waals surface area contributed by atoms with E-state index in [0.29, 0.717) is 52.5 Å². The largest absolute Gasteiger partial charge is 0.490 e. The molecule has 1 aliphatic rings. The van der Waals surface area contributed by atoms with Crippen LogP contribution in [0.3, 0.4) is 0 Å². The second kappa shape index (κ2) is 11.3. The highest BCUT2D eigenvalue weighted by Gasteiger charge is 2.44. The third-order valence-corrected chi connectivity index (χ3v) is 6.73. The maximum Gasteiger partial charge on any atom is 0.338 e. The van der Waals surface area contributed by atoms with Crippen molar-refractivity contribution >= 4 is 28.5 Å². The molecule has 0 saturated carbocycles. The number of anilines is 1. The van der Waals surface area contributed by atoms with Gasteiger partial charge < -0.3 is 18.6 Å². The molecule has 206 valence electrons. The Hall–Kier alpha value is -4.59. The summed E-state index contributed by atoms with van der Waals surface area (Å²) in [6, 6.07) is 16.5. The van der Waals surface area contributed by atoms with Crippen LogP contribution in [0, 0.1) is 6.92 Å². The van der Waals surface area contributed by atoms with Gasteiger partial charge in [0.1, 0.15) is 5.58 Å². The molecule has 1 aromatic heterocycles. The Kier molecular flexibility index (Phi) is 7.60. The Balaban J connectivity index is 1.70. The number of esters is 1. The maximum absolute atomic E-state index is 14.0. The maximum atomic E-state index is 14.0. The van der Waals surface area contributed by atoms with Crippen molar-refractivity contribution in [1.82, 2.24) is 0 Å². The molecule has 8 heteroatoms. The fraction of sp³-hybridized carbons (Fsp3) is 0.281. The van der Waals surface area contributed by atoms with Gasteiger partial charge in [0.05, 0.1) is 42.4 Å². The smallest absolute Gasteiger partial charge is 0.338 e. The van der Waals surface area contributed by atoms with Gasteiger partial charge in [-0.2, -0.15) is 0 Å². The third-order valence-electron chi connectivity index (χ3n) is 6.73. The van der Waals surface area contributed by atoms with Crippen LogP contribution in [0.2, 0.25) is 0 Å². The van der Waals surface area contributed by atoms with Crippen LogP contribution in [-0.4, -0.2) is 31.7 Å². The third kappa shape index (κ3) is 4.81. The van der Waals surface area contributed by atoms with Gasteiger partial charge in [0.15, 0.2) is 16.9 Å². The number of benzene rings is 3. The van der Waals surface area contributed by atoms with Crippen LogP contribution in [0.25, 0.3) is 11.0 Å². The lowest BCUT2D eigenvalue weighted by Gasteiger charge is -2.26. The van der Waals surface area contributed by atoms with Crippen LogP contribution >= 0.6 is 0 Å². The van der Waals surface area contributed by atoms with Gasteiger partial charge in [-0.25, -0.2) is 4.79 Å². The van der Waals surface area contributed by atoms with Gasteiger partial charge in [0, 0.05) is 5.69 Å². The number of hydrogen-bond acceptors (Lipinski definition) is 7. The van der Waals surface area contributed by atoms with Crippen LogP contribution < -0.4 is 19.8 Å². The molecule has 0 saturated heterocycles. The molecule has 1 atom stereocenters. The molecule has 4 aromatic rings. The number of aryl methyl sites for hydroxylation is 1. The van der Waals surface area contributed by atoms with E-state index in [4.69, 9.17) is 18.6 Å². The van der Waals surface area contributed by atoms with Gasteiger partial charge in [0.25, 0.3) is 5.91 Å². The SMILES string of the molecule is CCCOc1ccc(C2c3c(oc4ccc(C)cc4c3=O)C(=O)N2c2ccc(C(=O)OCC)cc2)cc1OCC. The lowest BCUT2D eigenvalue weighted by Crippen LogP contribution is -2.29. The normalized spacial score (nSPS) is 14.3. The molecule has 40 heavy (non-hydrogen) atoms. The van der Waals surface area contributed by atoms with Crippen molar-refractivity contribution in [3.63, 3.8) is 0 Å². The number of carbonyl (C=O) groups excluding carboxylic acids is 2. The van der Waals surface area contributed by atoms with Gasteiger partial charge in [-0.1, -0.05) is 24.6 Å². The van der Waals surface area contributed by atoms with E-state index in [1.54, 1.807) is 55.5 Å². The van der Waals surface area contributed by atoms with E-state index in [9.17, 15) is 14.4 Å². The number of carbonyl (C=O) groups is 2. The van der Waals surface area contributed by atoms with Crippen molar-refractivity contribution < 1.29 is 28.2 Å². The number of nitrogens with zero attached hydrogens (tertiary/aromatic N) is 1. The highest BCUT2D eigenvalue weighted by Crippen LogP contribution is 2.43. The molecule has 2 heterocycles. The van der Waals surface area contributed by atoms with E-state index in [1.807, 2.05) is 32.9 Å². The van der Waals surface area contributed by atoms with Crippen molar-refractivity contribution in [2.45, 2.75) is 40.2 Å². The fourth-order valence-electron chi connectivity index (χ4n) is 4.94. The van der Waals surface area contributed by atoms with E-state index in [1.165, 1.54) is 4.90 Å². The van der Waals surface area contributed by atoms with Crippen molar-refractivity contribution in [2.24, 2.45) is 0 Å². The van der Waals surface area contributed by atoms with E-state index in [0.717, 1.165) is 12.0 Å². The first-order valence-electron chi connectivity index (χ1n) is 13.5. The van der Waals surface area contributed by atoms with Crippen molar-refractivity contribution in [1.29, 1.82) is 0 Å². The standard InChI is InChI=1S/C32H31NO7/c1-5-16-39-25-15-11-21(18-26(25)37-6-2)28-27-29(34)23-17-19(4)8-14-24(23)40-30(27)31(35)33(28)22-12-9-20(10-13-22)32(36)38-7-3/h8-15,17-18,28H,5-7,16H2,1-4H3. The lowest BCUT2D eigenvalue weighted by molar-refractivity contribution is 0.0526. The summed E-state index contributed by atoms with van der Waals surface area (Å²) < 4.78 is 23.0. The van der Waals surface area contributed by atoms with Crippen molar-refractivity contribution in [3.8, 4) is 11.5 Å². The summed E-state index contributed by atoms with van der Waals surface area (Å²) in [7, 11) is 0. The van der Waals surface area contributed by atoms with E-state index in [-0.39, 0.29) is 23.4 Å². The van der Waals surface area contributed by atoms with Crippen molar-refractivity contribution in [2.75, 3.05) is 24.7 Å². The molecule has 1 unspecified atom stereocenters. The molecule has 0 N–H and O–H groups in total. The van der Waals surface area contributed by atoms with E-state index in [2.05, 4.69) is 0 Å². The van der Waals surface area contributed by atoms with Crippen molar-refractivity contribution in [3.05, 3.63) is 98.9 Å². The van der Waals surface area contributed by atoms with Crippen LogP contribution in [-0.2, 0) is 4.74 Å². The summed E-state index contributed by atoms with van der Waals surface area (Å²) in [6.45, 7) is 8.73. The highest BCUT2D eigenvalue weighted by atomic mass is 16.5. The number of rotatable bonds is 9. The molecule has 0 bridgehead atoms.